The number of nitrogens with zero attached hydrogens (tertiary/aromatic N) is 4. The molecule has 0 fully saturated rings. The smallest absolute Gasteiger partial charge is 0.254 e. The first kappa shape index (κ1) is 11.5. The van der Waals surface area contributed by atoms with Crippen LogP contribution in [0.5, 0.6) is 0 Å². The number of aryl methyl sites for hydroxylation is 1. The number of fused-ring (bicyclic) bond motifs is 1. The highest BCUT2D eigenvalue weighted by Gasteiger charge is 2.09. The Morgan fingerprint density at radius 3 is 2.89 bits per heavy atom. The maximum absolute atomic E-state index is 13.6. The second kappa shape index (κ2) is 4.27. The monoisotopic (exact) mass is 261 g/mol. The van der Waals surface area contributed by atoms with E-state index >= 15 is 0 Å². The van der Waals surface area contributed by atoms with Gasteiger partial charge in [0, 0.05) is 17.8 Å². The van der Waals surface area contributed by atoms with E-state index in [1.807, 2.05) is 0 Å². The SMILES string of the molecule is Cc1cc(Nc2cc(F)ccc2F)n2ncnc2n1. The molecule has 0 aliphatic rings. The number of nitrogens with one attached hydrogen (secondary N) is 1. The van der Waals surface area contributed by atoms with Crippen molar-refractivity contribution in [2.45, 2.75) is 6.92 Å². The summed E-state index contributed by atoms with van der Waals surface area (Å²) in [7, 11) is 0. The first-order valence-corrected chi connectivity index (χ1v) is 5.53. The standard InChI is InChI=1S/C12H9F2N5/c1-7-4-11(19-12(17-7)15-6-16-19)18-10-5-8(13)2-3-9(10)14/h2-6,18H,1H3. The molecule has 2 aromatic heterocycles. The molecule has 0 amide bonds. The third-order valence-corrected chi connectivity index (χ3v) is 2.57. The molecular formula is C12H9F2N5. The summed E-state index contributed by atoms with van der Waals surface area (Å²) in [6, 6.07) is 4.87. The van der Waals surface area contributed by atoms with Gasteiger partial charge >= 0.3 is 0 Å². The Labute approximate surface area is 106 Å². The van der Waals surface area contributed by atoms with Crippen LogP contribution in [0.3, 0.4) is 0 Å². The van der Waals surface area contributed by atoms with Crippen molar-refractivity contribution >= 4 is 17.3 Å². The molecular weight excluding hydrogens is 252 g/mol. The van der Waals surface area contributed by atoms with E-state index in [1.165, 1.54) is 10.8 Å². The molecule has 0 spiro atoms. The highest BCUT2D eigenvalue weighted by atomic mass is 19.1. The van der Waals surface area contributed by atoms with Gasteiger partial charge in [0.15, 0.2) is 0 Å². The van der Waals surface area contributed by atoms with Gasteiger partial charge in [-0.1, -0.05) is 0 Å². The molecule has 5 nitrogen and oxygen atoms in total. The summed E-state index contributed by atoms with van der Waals surface area (Å²) >= 11 is 0. The number of aromatic nitrogens is 4. The average molecular weight is 261 g/mol. The van der Waals surface area contributed by atoms with Crippen LogP contribution in [0, 0.1) is 18.6 Å². The first-order valence-electron chi connectivity index (χ1n) is 5.53. The number of hydrogen-bond donors (Lipinski definition) is 1. The molecule has 0 unspecified atom stereocenters. The number of benzene rings is 1. The Balaban J connectivity index is 2.10. The lowest BCUT2D eigenvalue weighted by molar-refractivity contribution is 0.603. The summed E-state index contributed by atoms with van der Waals surface area (Å²) in [5.74, 6) is -0.225. The lowest BCUT2D eigenvalue weighted by Crippen LogP contribution is -2.04. The molecule has 0 atom stereocenters. The molecule has 2 heterocycles. The third-order valence-electron chi connectivity index (χ3n) is 2.57. The lowest BCUT2D eigenvalue weighted by Gasteiger charge is -2.09. The van der Waals surface area contributed by atoms with Crippen LogP contribution in [0.25, 0.3) is 5.78 Å². The zero-order valence-electron chi connectivity index (χ0n) is 9.93. The van der Waals surface area contributed by atoms with Gasteiger partial charge in [-0.05, 0) is 19.1 Å². The molecule has 96 valence electrons. The molecule has 0 saturated carbocycles. The van der Waals surface area contributed by atoms with Crippen LogP contribution in [0.4, 0.5) is 20.3 Å². The van der Waals surface area contributed by atoms with Crippen molar-refractivity contribution in [3.63, 3.8) is 0 Å². The van der Waals surface area contributed by atoms with Crippen molar-refractivity contribution in [1.29, 1.82) is 0 Å². The van der Waals surface area contributed by atoms with Gasteiger partial charge in [-0.15, -0.1) is 0 Å². The molecule has 0 radical (unpaired) electrons. The van der Waals surface area contributed by atoms with E-state index < -0.39 is 11.6 Å². The predicted molar refractivity (Wildman–Crippen MR) is 65.2 cm³/mol. The van der Waals surface area contributed by atoms with E-state index in [-0.39, 0.29) is 5.69 Å². The number of rotatable bonds is 2. The van der Waals surface area contributed by atoms with Crippen molar-refractivity contribution in [3.8, 4) is 0 Å². The van der Waals surface area contributed by atoms with Gasteiger partial charge in [-0.25, -0.2) is 13.8 Å². The maximum atomic E-state index is 13.6. The summed E-state index contributed by atoms with van der Waals surface area (Å²) in [6.07, 6.45) is 1.34. The van der Waals surface area contributed by atoms with Crippen molar-refractivity contribution in [3.05, 3.63) is 47.9 Å². The van der Waals surface area contributed by atoms with Gasteiger partial charge in [-0.3, -0.25) is 0 Å². The average Bonchev–Trinajstić information content (AvgIpc) is 2.82. The van der Waals surface area contributed by atoms with E-state index in [9.17, 15) is 8.78 Å². The Hall–Kier alpha value is -2.57. The topological polar surface area (TPSA) is 55.1 Å². The molecule has 3 rings (SSSR count). The minimum Gasteiger partial charge on any atom is -0.338 e. The van der Waals surface area contributed by atoms with Gasteiger partial charge in [0.25, 0.3) is 5.78 Å². The van der Waals surface area contributed by atoms with Crippen LogP contribution in [0.2, 0.25) is 0 Å². The number of anilines is 2. The van der Waals surface area contributed by atoms with Gasteiger partial charge in [0.05, 0.1) is 5.69 Å². The zero-order valence-corrected chi connectivity index (χ0v) is 9.93. The summed E-state index contributed by atoms with van der Waals surface area (Å²) in [5, 5.41) is 6.76. The number of halogens is 2. The molecule has 1 N–H and O–H groups in total. The molecule has 0 bridgehead atoms. The van der Waals surface area contributed by atoms with Crippen LogP contribution in [-0.4, -0.2) is 19.6 Å². The molecule has 0 aliphatic heterocycles. The molecule has 0 saturated heterocycles. The largest absolute Gasteiger partial charge is 0.338 e. The van der Waals surface area contributed by atoms with Gasteiger partial charge in [-0.2, -0.15) is 14.6 Å². The molecule has 1 aromatic carbocycles. The van der Waals surface area contributed by atoms with Crippen molar-refractivity contribution in [2.24, 2.45) is 0 Å². The van der Waals surface area contributed by atoms with Crippen LogP contribution in [-0.2, 0) is 0 Å². The van der Waals surface area contributed by atoms with E-state index in [0.717, 1.165) is 18.2 Å². The van der Waals surface area contributed by atoms with E-state index in [1.54, 1.807) is 13.0 Å². The summed E-state index contributed by atoms with van der Waals surface area (Å²) in [4.78, 5) is 8.11. The summed E-state index contributed by atoms with van der Waals surface area (Å²) in [6.45, 7) is 1.78. The Morgan fingerprint density at radius 2 is 2.05 bits per heavy atom. The first-order chi connectivity index (χ1) is 9.13. The minimum absolute atomic E-state index is 0.0300. The van der Waals surface area contributed by atoms with Crippen LogP contribution < -0.4 is 5.32 Å². The quantitative estimate of drug-likeness (QED) is 0.769. The fraction of sp³-hybridized carbons (Fsp3) is 0.0833. The Kier molecular flexibility index (Phi) is 2.59. The highest BCUT2D eigenvalue weighted by molar-refractivity contribution is 5.59. The summed E-state index contributed by atoms with van der Waals surface area (Å²) in [5.41, 5.74) is 0.724. The van der Waals surface area contributed by atoms with Crippen molar-refractivity contribution < 1.29 is 8.78 Å². The fourth-order valence-corrected chi connectivity index (χ4v) is 1.75. The van der Waals surface area contributed by atoms with E-state index in [4.69, 9.17) is 0 Å². The lowest BCUT2D eigenvalue weighted by atomic mass is 10.3. The Bertz CT molecular complexity index is 753. The molecule has 7 heteroatoms. The maximum Gasteiger partial charge on any atom is 0.254 e. The van der Waals surface area contributed by atoms with Crippen molar-refractivity contribution in [2.75, 3.05) is 5.32 Å². The molecule has 3 aromatic rings. The number of hydrogen-bond acceptors (Lipinski definition) is 4. The van der Waals surface area contributed by atoms with Crippen LogP contribution in [0.1, 0.15) is 5.69 Å². The minimum atomic E-state index is -0.552. The van der Waals surface area contributed by atoms with E-state index in [2.05, 4.69) is 20.4 Å². The van der Waals surface area contributed by atoms with Crippen LogP contribution >= 0.6 is 0 Å². The third kappa shape index (κ3) is 2.10. The summed E-state index contributed by atoms with van der Waals surface area (Å²) < 4.78 is 28.1. The molecule has 0 aliphatic carbocycles. The Morgan fingerprint density at radius 1 is 1.21 bits per heavy atom. The fourth-order valence-electron chi connectivity index (χ4n) is 1.75. The van der Waals surface area contributed by atoms with Gasteiger partial charge in [0.2, 0.25) is 0 Å². The van der Waals surface area contributed by atoms with Gasteiger partial charge in [0.1, 0.15) is 23.8 Å². The van der Waals surface area contributed by atoms with Crippen molar-refractivity contribution in [1.82, 2.24) is 19.6 Å². The molecule has 19 heavy (non-hydrogen) atoms. The highest BCUT2D eigenvalue weighted by Crippen LogP contribution is 2.21. The normalized spacial score (nSPS) is 10.9. The zero-order chi connectivity index (χ0) is 13.4. The van der Waals surface area contributed by atoms with Gasteiger partial charge < -0.3 is 5.32 Å². The second-order valence-corrected chi connectivity index (χ2v) is 4.00. The van der Waals surface area contributed by atoms with E-state index in [0.29, 0.717) is 17.3 Å². The second-order valence-electron chi connectivity index (χ2n) is 4.00. The predicted octanol–water partition coefficient (Wildman–Crippen LogP) is 2.45. The van der Waals surface area contributed by atoms with Crippen LogP contribution in [0.15, 0.2) is 30.6 Å².